The highest BCUT2D eigenvalue weighted by atomic mass is 31.2. The van der Waals surface area contributed by atoms with Crippen molar-refractivity contribution < 1.29 is 86.4 Å². The van der Waals surface area contributed by atoms with Crippen LogP contribution in [0, 0.1) is 35.5 Å². The van der Waals surface area contributed by atoms with Crippen LogP contribution in [0.5, 0.6) is 0 Å². The van der Waals surface area contributed by atoms with Crippen LogP contribution in [0.4, 0.5) is 15.3 Å². The van der Waals surface area contributed by atoms with E-state index in [0.717, 1.165) is 12.2 Å². The van der Waals surface area contributed by atoms with E-state index in [4.69, 9.17) is 19.9 Å². The van der Waals surface area contributed by atoms with Crippen molar-refractivity contribution in [2.24, 2.45) is 41.2 Å². The Balaban J connectivity index is 0.0000255. The monoisotopic (exact) mass is 1410 g/mol. The Hall–Kier alpha value is -7.66. The smallest absolute Gasteiger partial charge is 0.410 e. The number of aliphatic hydroxyl groups is 1. The Morgan fingerprint density at radius 3 is 1.93 bits per heavy atom. The van der Waals surface area contributed by atoms with Crippen LogP contribution in [0.1, 0.15) is 139 Å². The highest BCUT2D eigenvalue weighted by Crippen LogP contribution is 2.34. The number of likely N-dealkylation sites (N-methyl/N-ethyl adjacent to an activating group) is 2. The molecular formula is C69H110N11O18P. The van der Waals surface area contributed by atoms with E-state index in [2.05, 4.69) is 31.9 Å². The quantitative estimate of drug-likeness (QED) is 0.0251. The number of ether oxygens (including phenoxy) is 3. The fourth-order valence-corrected chi connectivity index (χ4v) is 13.0. The van der Waals surface area contributed by atoms with Gasteiger partial charge >= 0.3 is 19.7 Å². The maximum absolute atomic E-state index is 14.9. The van der Waals surface area contributed by atoms with Crippen LogP contribution in [0.25, 0.3) is 0 Å². The number of carbonyl (C=O) groups is 11. The van der Waals surface area contributed by atoms with Gasteiger partial charge in [-0.1, -0.05) is 119 Å². The number of Topliss-reactive ketones (excluding diaryl/α,β-unsaturated/α-hetero) is 1. The van der Waals surface area contributed by atoms with Crippen molar-refractivity contribution in [3.05, 3.63) is 77.9 Å². The molecule has 11 amide bonds. The molecule has 1 fully saturated rings. The van der Waals surface area contributed by atoms with Crippen LogP contribution < -0.4 is 37.6 Å². The number of methoxy groups -OCH3 is 2. The van der Waals surface area contributed by atoms with Gasteiger partial charge in [-0.05, 0) is 79.5 Å². The molecule has 554 valence electrons. The summed E-state index contributed by atoms with van der Waals surface area (Å²) in [6.07, 6.45) is -0.239. The van der Waals surface area contributed by atoms with Crippen molar-refractivity contribution in [1.82, 2.24) is 46.2 Å². The van der Waals surface area contributed by atoms with Crippen molar-refractivity contribution in [3.8, 4) is 0 Å². The highest BCUT2D eigenvalue weighted by molar-refractivity contribution is 7.51. The second-order valence-electron chi connectivity index (χ2n) is 26.5. The van der Waals surface area contributed by atoms with E-state index in [1.54, 1.807) is 82.7 Å². The first kappa shape index (κ1) is 85.6. The molecule has 0 aliphatic carbocycles. The van der Waals surface area contributed by atoms with Crippen molar-refractivity contribution in [3.63, 3.8) is 0 Å². The number of hydrogen-bond acceptors (Lipinski definition) is 17. The summed E-state index contributed by atoms with van der Waals surface area (Å²) in [4.78, 5) is 174. The number of ketones is 1. The number of nitrogens with two attached hydrogens (primary N) is 1. The van der Waals surface area contributed by atoms with E-state index in [1.807, 2.05) is 45.9 Å². The molecule has 11 N–H and O–H groups in total. The Kier molecular flexibility index (Phi) is 35.1. The second-order valence-corrected chi connectivity index (χ2v) is 28.3. The lowest BCUT2D eigenvalue weighted by Crippen LogP contribution is -2.60. The molecule has 4 rings (SSSR count). The molecule has 2 aliphatic heterocycles. The molecule has 29 nitrogen and oxygen atoms in total. The van der Waals surface area contributed by atoms with Crippen LogP contribution in [-0.4, -0.2) is 215 Å². The molecule has 2 heterocycles. The number of primary amides is 1. The number of likely N-dealkylation sites (tertiary alicyclic amines) is 1. The minimum atomic E-state index is -4.44. The zero-order valence-corrected chi connectivity index (χ0v) is 60.0. The van der Waals surface area contributed by atoms with E-state index >= 15 is 0 Å². The number of benzene rings is 2. The first-order valence-corrected chi connectivity index (χ1v) is 35.3. The number of rotatable bonds is 40. The third-order valence-electron chi connectivity index (χ3n) is 18.3. The lowest BCUT2D eigenvalue weighted by molar-refractivity contribution is -0.149. The summed E-state index contributed by atoms with van der Waals surface area (Å²) in [7, 11) is 1.67. The number of nitrogens with one attached hydrogen (secondary N) is 6. The molecule has 0 spiro atoms. The van der Waals surface area contributed by atoms with Gasteiger partial charge in [0.25, 0.3) is 11.8 Å². The van der Waals surface area contributed by atoms with E-state index < -0.39 is 146 Å². The molecule has 99 heavy (non-hydrogen) atoms. The topological polar surface area (TPSA) is 404 Å². The lowest BCUT2D eigenvalue weighted by Gasteiger charge is -2.41. The number of imide groups is 1. The predicted octanol–water partition coefficient (Wildman–Crippen LogP) is 4.38. The van der Waals surface area contributed by atoms with Gasteiger partial charge in [-0.3, -0.25) is 52.6 Å². The van der Waals surface area contributed by atoms with E-state index in [1.165, 1.54) is 38.3 Å². The Labute approximate surface area is 582 Å². The zero-order valence-electron chi connectivity index (χ0n) is 59.1. The summed E-state index contributed by atoms with van der Waals surface area (Å²) >= 11 is 0. The second kappa shape index (κ2) is 40.6. The first-order valence-electron chi connectivity index (χ1n) is 33.5. The first-order chi connectivity index (χ1) is 46.1. The van der Waals surface area contributed by atoms with E-state index in [0.29, 0.717) is 41.8 Å². The number of amides is 11. The Bertz CT molecular complexity index is 3100. The molecule has 2 aromatic rings. The maximum atomic E-state index is 14.9. The Morgan fingerprint density at radius 1 is 0.758 bits per heavy atom. The van der Waals surface area contributed by atoms with Crippen molar-refractivity contribution in [2.45, 2.75) is 189 Å². The van der Waals surface area contributed by atoms with Crippen LogP contribution >= 0.6 is 7.60 Å². The average molecular weight is 1410 g/mol. The lowest BCUT2D eigenvalue weighted by atomic mass is 9.83. The SMILES string of the molecule is C.CC[C@H](C)[C@H]([C@@H](CC(=O)N1CCC[C@H]1[C@@H](OC)[C@@H](C)C(=O)N[C@@H](C)[C@H](O)c1ccccc1)OC)N(C)C(=O)[C@@H](CC(=O)[C@@H](C(C)C)N(C)C(=O)OCc1ccc(NC(=O)[C@H](CCCNC(N)=O)NC(=O)[C@@H](NC(=O)C(CNCCP(=O)(O)O)N2C(=O)C=CC2=O)C(C)C)cc1)C(C)C. The fraction of sp³-hybridized carbons (Fsp3) is 0.638. The summed E-state index contributed by atoms with van der Waals surface area (Å²) in [5.41, 5.74) is 6.65. The van der Waals surface area contributed by atoms with Gasteiger partial charge in [0.15, 0.2) is 5.78 Å². The number of carbonyl (C=O) groups excluding carboxylic acids is 11. The number of urea groups is 1. The number of hydrogen-bond donors (Lipinski definition) is 10. The molecule has 0 saturated carbocycles. The summed E-state index contributed by atoms with van der Waals surface area (Å²) in [5, 5.41) is 26.9. The van der Waals surface area contributed by atoms with Crippen LogP contribution in [0.2, 0.25) is 0 Å². The van der Waals surface area contributed by atoms with Crippen LogP contribution in [-0.2, 0) is 68.5 Å². The van der Waals surface area contributed by atoms with Crippen LogP contribution in [0.3, 0.4) is 0 Å². The number of anilines is 1. The molecule has 0 aromatic heterocycles. The highest BCUT2D eigenvalue weighted by Gasteiger charge is 2.45. The normalized spacial score (nSPS) is 17.6. The van der Waals surface area contributed by atoms with Gasteiger partial charge in [0.2, 0.25) is 35.4 Å². The molecule has 30 heteroatoms. The van der Waals surface area contributed by atoms with Crippen molar-refractivity contribution in [1.29, 1.82) is 0 Å². The summed E-state index contributed by atoms with van der Waals surface area (Å²) in [6, 6.07) is 7.55. The van der Waals surface area contributed by atoms with Gasteiger partial charge in [0, 0.05) is 84.7 Å². The molecule has 2 aromatic carbocycles. The van der Waals surface area contributed by atoms with E-state index in [-0.39, 0.29) is 93.8 Å². The van der Waals surface area contributed by atoms with Crippen molar-refractivity contribution in [2.75, 3.05) is 66.0 Å². The minimum Gasteiger partial charge on any atom is -0.445 e. The average Bonchev–Trinajstić information content (AvgIpc) is 1.81. The van der Waals surface area contributed by atoms with Gasteiger partial charge in [-0.15, -0.1) is 0 Å². The number of aliphatic hydroxyl groups excluding tert-OH is 1. The largest absolute Gasteiger partial charge is 0.445 e. The summed E-state index contributed by atoms with van der Waals surface area (Å²) in [5.74, 6) is -8.50. The summed E-state index contributed by atoms with van der Waals surface area (Å²) < 4.78 is 29.2. The maximum Gasteiger partial charge on any atom is 0.410 e. The third-order valence-corrected chi connectivity index (χ3v) is 19.1. The molecule has 0 radical (unpaired) electrons. The van der Waals surface area contributed by atoms with Gasteiger partial charge in [-0.2, -0.15) is 0 Å². The predicted molar refractivity (Wildman–Crippen MR) is 372 cm³/mol. The molecule has 13 atom stereocenters. The minimum absolute atomic E-state index is 0. The summed E-state index contributed by atoms with van der Waals surface area (Å²) in [6.45, 7) is 17.4. The molecular weight excluding hydrogens is 1300 g/mol. The van der Waals surface area contributed by atoms with Gasteiger partial charge in [-0.25, -0.2) is 9.59 Å². The number of nitrogens with zero attached hydrogens (tertiary/aromatic N) is 4. The van der Waals surface area contributed by atoms with Crippen molar-refractivity contribution >= 4 is 78.4 Å². The standard InChI is InChI=1S/C68H106N11O18P.CH4/c1-15-42(8)59(53(95-13)36-56(83)78-33-20-24-50(78)61(96-14)43(9)62(85)72-44(10)60(84)46-21-17-16-18-22-46)76(11)66(89)48(39(2)3)35-52(80)58(41(6)7)77(12)68(91)97-38-45-25-27-47(28-26-45)73-63(86)49(23-19-31-71-67(69)90)74-65(88)57(40(4)5)75-64(87)51(37-70-32-34-98(92,93)94)79-54(81)29-30-55(79)82;/h16-18,21-22,25-30,39-44,48-51,53,57-61,70,84H,15,19-20,23-24,31-38H2,1-14H3,(H,72,85)(H,73,86)(H,74,88)(H,75,87)(H3,69,71,90)(H2,92,93,94);1H4/t42-,43+,44-,48-,49-,50-,51?,53+,57-,58+,59+,60-,61-;/m0./s1. The van der Waals surface area contributed by atoms with Gasteiger partial charge < -0.3 is 81.4 Å². The fourth-order valence-electron chi connectivity index (χ4n) is 12.5. The molecule has 2 aliphatic rings. The van der Waals surface area contributed by atoms with E-state index in [9.17, 15) is 72.2 Å². The van der Waals surface area contributed by atoms with Gasteiger partial charge in [0.1, 0.15) is 24.7 Å². The molecule has 1 saturated heterocycles. The molecule has 1 unspecified atom stereocenters. The molecule has 0 bridgehead atoms. The van der Waals surface area contributed by atoms with Crippen LogP contribution in [0.15, 0.2) is 66.7 Å². The Morgan fingerprint density at radius 2 is 1.38 bits per heavy atom. The van der Waals surface area contributed by atoms with Gasteiger partial charge in [0.05, 0.1) is 61.0 Å². The third kappa shape index (κ3) is 25.2. The zero-order chi connectivity index (χ0) is 73.5.